The molecule has 0 bridgehead atoms. The minimum Gasteiger partial charge on any atom is -0.392 e. The average molecular weight is 252 g/mol. The molecule has 1 nitrogen and oxygen atoms in total. The molecule has 0 aromatic carbocycles. The fourth-order valence-electron chi connectivity index (χ4n) is 2.51. The maximum Gasteiger partial charge on any atom is 0.129 e. The molecule has 1 aliphatic carbocycles. The molecule has 1 saturated carbocycles. The van der Waals surface area contributed by atoms with Crippen LogP contribution < -0.4 is 0 Å². The summed E-state index contributed by atoms with van der Waals surface area (Å²) in [6.45, 7) is 11.0. The third kappa shape index (κ3) is 4.85. The first-order valence-electron chi connectivity index (χ1n) is 7.02. The molecular formula is C15H28OSi. The van der Waals surface area contributed by atoms with Gasteiger partial charge in [-0.2, -0.15) is 0 Å². The third-order valence-corrected chi connectivity index (χ3v) is 4.47. The van der Waals surface area contributed by atoms with Crippen molar-refractivity contribution in [1.82, 2.24) is 0 Å². The van der Waals surface area contributed by atoms with Crippen molar-refractivity contribution in [2.45, 2.75) is 65.3 Å². The van der Waals surface area contributed by atoms with E-state index in [2.05, 4.69) is 45.0 Å². The van der Waals surface area contributed by atoms with Crippen molar-refractivity contribution in [1.29, 1.82) is 0 Å². The molecule has 0 saturated heterocycles. The smallest absolute Gasteiger partial charge is 0.129 e. The van der Waals surface area contributed by atoms with Crippen molar-refractivity contribution in [3.63, 3.8) is 0 Å². The topological polar surface area (TPSA) is 20.2 Å². The SMILES string of the molecule is CC(C)[C@@H](O)[C@H](C#C[Si](C)(C)C)C1CCCC1. The number of rotatable bonds is 3. The lowest BCUT2D eigenvalue weighted by Gasteiger charge is -2.27. The lowest BCUT2D eigenvalue weighted by Crippen LogP contribution is -2.30. The van der Waals surface area contributed by atoms with Crippen LogP contribution in [0.15, 0.2) is 0 Å². The molecule has 2 atom stereocenters. The summed E-state index contributed by atoms with van der Waals surface area (Å²) >= 11 is 0. The zero-order chi connectivity index (χ0) is 13.1. The van der Waals surface area contributed by atoms with Gasteiger partial charge >= 0.3 is 0 Å². The Morgan fingerprint density at radius 1 is 1.12 bits per heavy atom. The summed E-state index contributed by atoms with van der Waals surface area (Å²) in [5, 5.41) is 10.4. The van der Waals surface area contributed by atoms with Crippen LogP contribution in [0.3, 0.4) is 0 Å². The quantitative estimate of drug-likeness (QED) is 0.600. The fraction of sp³-hybridized carbons (Fsp3) is 0.867. The normalized spacial score (nSPS) is 21.1. The standard InChI is InChI=1S/C15H28OSi/c1-12(2)15(16)14(10-11-17(3,4)5)13-8-6-7-9-13/h12-16H,6-9H2,1-5H3/t14-,15-/m1/s1. The highest BCUT2D eigenvalue weighted by atomic mass is 28.3. The Labute approximate surface area is 108 Å². The summed E-state index contributed by atoms with van der Waals surface area (Å²) in [7, 11) is -1.32. The first-order chi connectivity index (χ1) is 7.81. The van der Waals surface area contributed by atoms with E-state index in [9.17, 15) is 5.11 Å². The maximum atomic E-state index is 10.4. The van der Waals surface area contributed by atoms with Crippen LogP contribution in [0, 0.1) is 29.2 Å². The van der Waals surface area contributed by atoms with Gasteiger partial charge in [0, 0.05) is 5.92 Å². The second-order valence-corrected chi connectivity index (χ2v) is 11.6. The molecule has 1 fully saturated rings. The van der Waals surface area contributed by atoms with Crippen LogP contribution in [0.1, 0.15) is 39.5 Å². The molecule has 2 heteroatoms. The Morgan fingerprint density at radius 3 is 2.06 bits per heavy atom. The van der Waals surface area contributed by atoms with E-state index in [-0.39, 0.29) is 12.0 Å². The van der Waals surface area contributed by atoms with Gasteiger partial charge in [0.1, 0.15) is 8.07 Å². The highest BCUT2D eigenvalue weighted by molar-refractivity contribution is 6.83. The van der Waals surface area contributed by atoms with Gasteiger partial charge < -0.3 is 5.11 Å². The van der Waals surface area contributed by atoms with E-state index in [0.29, 0.717) is 11.8 Å². The van der Waals surface area contributed by atoms with Gasteiger partial charge in [-0.3, -0.25) is 0 Å². The highest BCUT2D eigenvalue weighted by Gasteiger charge is 2.31. The molecule has 0 radical (unpaired) electrons. The average Bonchev–Trinajstić information content (AvgIpc) is 2.69. The molecule has 0 amide bonds. The molecular weight excluding hydrogens is 224 g/mol. The molecule has 0 heterocycles. The molecule has 1 rings (SSSR count). The number of hydrogen-bond acceptors (Lipinski definition) is 1. The largest absolute Gasteiger partial charge is 0.392 e. The predicted octanol–water partition coefficient (Wildman–Crippen LogP) is 3.69. The summed E-state index contributed by atoms with van der Waals surface area (Å²) in [4.78, 5) is 0. The molecule has 1 aliphatic rings. The first kappa shape index (κ1) is 14.8. The molecule has 0 spiro atoms. The minimum atomic E-state index is -1.32. The second kappa shape index (κ2) is 6.07. The van der Waals surface area contributed by atoms with Gasteiger partial charge in [-0.1, -0.05) is 46.3 Å². The molecule has 0 aliphatic heterocycles. The van der Waals surface area contributed by atoms with Crippen LogP contribution in [-0.2, 0) is 0 Å². The summed E-state index contributed by atoms with van der Waals surface area (Å²) in [6.07, 6.45) is 4.91. The van der Waals surface area contributed by atoms with E-state index in [1.165, 1.54) is 25.7 Å². The van der Waals surface area contributed by atoms with Crippen LogP contribution in [0.4, 0.5) is 0 Å². The van der Waals surface area contributed by atoms with Crippen molar-refractivity contribution < 1.29 is 5.11 Å². The Bertz CT molecular complexity index is 284. The summed E-state index contributed by atoms with van der Waals surface area (Å²) in [6, 6.07) is 0. The third-order valence-electron chi connectivity index (χ3n) is 3.57. The zero-order valence-corrected chi connectivity index (χ0v) is 13.1. The molecule has 0 unspecified atom stereocenters. The van der Waals surface area contributed by atoms with E-state index in [1.54, 1.807) is 0 Å². The molecule has 17 heavy (non-hydrogen) atoms. The van der Waals surface area contributed by atoms with Gasteiger partial charge in [-0.15, -0.1) is 11.5 Å². The number of hydrogen-bond donors (Lipinski definition) is 1. The maximum absolute atomic E-state index is 10.4. The van der Waals surface area contributed by atoms with E-state index >= 15 is 0 Å². The van der Waals surface area contributed by atoms with Crippen molar-refractivity contribution in [3.05, 3.63) is 0 Å². The number of aliphatic hydroxyl groups is 1. The van der Waals surface area contributed by atoms with E-state index in [0.717, 1.165) is 0 Å². The summed E-state index contributed by atoms with van der Waals surface area (Å²) in [5.41, 5.74) is 3.46. The van der Waals surface area contributed by atoms with Crippen LogP contribution in [-0.4, -0.2) is 19.3 Å². The predicted molar refractivity (Wildman–Crippen MR) is 77.4 cm³/mol. The van der Waals surface area contributed by atoms with Crippen molar-refractivity contribution in [2.24, 2.45) is 17.8 Å². The van der Waals surface area contributed by atoms with Gasteiger partial charge in [-0.25, -0.2) is 0 Å². The lowest BCUT2D eigenvalue weighted by molar-refractivity contribution is 0.0635. The Morgan fingerprint density at radius 2 is 1.65 bits per heavy atom. The van der Waals surface area contributed by atoms with Crippen molar-refractivity contribution in [2.75, 3.05) is 0 Å². The van der Waals surface area contributed by atoms with E-state index in [4.69, 9.17) is 0 Å². The summed E-state index contributed by atoms with van der Waals surface area (Å²) in [5.74, 6) is 4.61. The molecule has 0 aromatic heterocycles. The van der Waals surface area contributed by atoms with Crippen LogP contribution in [0.2, 0.25) is 19.6 Å². The second-order valence-electron chi connectivity index (χ2n) is 6.82. The zero-order valence-electron chi connectivity index (χ0n) is 12.1. The van der Waals surface area contributed by atoms with Crippen molar-refractivity contribution >= 4 is 8.07 Å². The Hall–Kier alpha value is -0.263. The fourth-order valence-corrected chi connectivity index (χ4v) is 3.11. The van der Waals surface area contributed by atoms with Crippen LogP contribution in [0.5, 0.6) is 0 Å². The van der Waals surface area contributed by atoms with E-state index < -0.39 is 8.07 Å². The first-order valence-corrected chi connectivity index (χ1v) is 10.5. The van der Waals surface area contributed by atoms with Crippen LogP contribution >= 0.6 is 0 Å². The molecule has 1 N–H and O–H groups in total. The molecule has 0 aromatic rings. The van der Waals surface area contributed by atoms with Crippen molar-refractivity contribution in [3.8, 4) is 11.5 Å². The molecule has 98 valence electrons. The highest BCUT2D eigenvalue weighted by Crippen LogP contribution is 2.34. The lowest BCUT2D eigenvalue weighted by atomic mass is 9.82. The van der Waals surface area contributed by atoms with Gasteiger partial charge in [0.15, 0.2) is 0 Å². The van der Waals surface area contributed by atoms with E-state index in [1.807, 2.05) is 0 Å². The van der Waals surface area contributed by atoms with Crippen LogP contribution in [0.25, 0.3) is 0 Å². The Balaban J connectivity index is 2.81. The minimum absolute atomic E-state index is 0.212. The summed E-state index contributed by atoms with van der Waals surface area (Å²) < 4.78 is 0. The van der Waals surface area contributed by atoms with Gasteiger partial charge in [0.25, 0.3) is 0 Å². The van der Waals surface area contributed by atoms with Gasteiger partial charge in [-0.05, 0) is 24.7 Å². The van der Waals surface area contributed by atoms with Gasteiger partial charge in [0.05, 0.1) is 6.10 Å². The monoisotopic (exact) mass is 252 g/mol. The Kier molecular flexibility index (Phi) is 5.28. The van der Waals surface area contributed by atoms with Gasteiger partial charge in [0.2, 0.25) is 0 Å². The number of aliphatic hydroxyl groups excluding tert-OH is 1.